The first kappa shape index (κ1) is 20.3. The van der Waals surface area contributed by atoms with E-state index in [-0.39, 0.29) is 24.5 Å². The van der Waals surface area contributed by atoms with Crippen molar-refractivity contribution in [2.75, 3.05) is 20.3 Å². The van der Waals surface area contributed by atoms with Gasteiger partial charge in [-0.1, -0.05) is 0 Å². The van der Waals surface area contributed by atoms with Gasteiger partial charge in [0.2, 0.25) is 0 Å². The molecule has 1 heterocycles. The fourth-order valence-electron chi connectivity index (χ4n) is 2.58. The summed E-state index contributed by atoms with van der Waals surface area (Å²) in [5.41, 5.74) is 0.960. The van der Waals surface area contributed by atoms with Crippen LogP contribution in [0.4, 0.5) is 13.2 Å². The standard InChI is InChI=1S/C19H17F3N2O3/c1-11-8-13(9-14(10-23)19(25)27-7-6-26-3)12(2)24(11)16-5-4-15(20)17(21)18(16)22/h4-5,8-9H,6-7H2,1-3H3/b14-9+. The summed E-state index contributed by atoms with van der Waals surface area (Å²) in [6.07, 6.45) is 1.30. The molecular weight excluding hydrogens is 361 g/mol. The molecule has 142 valence electrons. The highest BCUT2D eigenvalue weighted by Crippen LogP contribution is 2.26. The highest BCUT2D eigenvalue weighted by Gasteiger charge is 2.19. The smallest absolute Gasteiger partial charge is 0.348 e. The van der Waals surface area contributed by atoms with E-state index in [1.165, 1.54) is 17.8 Å². The van der Waals surface area contributed by atoms with Crippen LogP contribution in [0, 0.1) is 42.6 Å². The molecule has 0 atom stereocenters. The van der Waals surface area contributed by atoms with E-state index < -0.39 is 23.4 Å². The van der Waals surface area contributed by atoms with Crippen molar-refractivity contribution in [1.82, 2.24) is 4.57 Å². The van der Waals surface area contributed by atoms with Crippen molar-refractivity contribution in [2.24, 2.45) is 0 Å². The largest absolute Gasteiger partial charge is 0.459 e. The summed E-state index contributed by atoms with van der Waals surface area (Å²) in [5.74, 6) is -5.01. The number of nitriles is 1. The van der Waals surface area contributed by atoms with Crippen LogP contribution in [0.15, 0.2) is 23.8 Å². The van der Waals surface area contributed by atoms with Gasteiger partial charge in [-0.2, -0.15) is 5.26 Å². The summed E-state index contributed by atoms with van der Waals surface area (Å²) in [6.45, 7) is 3.42. The van der Waals surface area contributed by atoms with Gasteiger partial charge in [0.25, 0.3) is 0 Å². The minimum Gasteiger partial charge on any atom is -0.459 e. The summed E-state index contributed by atoms with van der Waals surface area (Å²) in [6, 6.07) is 5.29. The van der Waals surface area contributed by atoms with E-state index in [0.29, 0.717) is 17.0 Å². The predicted molar refractivity (Wildman–Crippen MR) is 91.5 cm³/mol. The molecule has 2 rings (SSSR count). The number of nitrogens with zero attached hydrogens (tertiary/aromatic N) is 2. The van der Waals surface area contributed by atoms with Crippen LogP contribution in [0.3, 0.4) is 0 Å². The van der Waals surface area contributed by atoms with Crippen molar-refractivity contribution in [3.05, 3.63) is 58.2 Å². The lowest BCUT2D eigenvalue weighted by atomic mass is 10.1. The SMILES string of the molecule is COCCOC(=O)/C(C#N)=C/c1cc(C)n(-c2ccc(F)c(F)c2F)c1C. The molecule has 8 heteroatoms. The molecule has 0 spiro atoms. The lowest BCUT2D eigenvalue weighted by Gasteiger charge is -2.11. The molecule has 0 radical (unpaired) electrons. The van der Waals surface area contributed by atoms with E-state index in [4.69, 9.17) is 9.47 Å². The van der Waals surface area contributed by atoms with Gasteiger partial charge in [0.1, 0.15) is 18.2 Å². The minimum absolute atomic E-state index is 0.00651. The van der Waals surface area contributed by atoms with Crippen LogP contribution < -0.4 is 0 Å². The number of aryl methyl sites for hydroxylation is 1. The first-order valence-electron chi connectivity index (χ1n) is 7.92. The van der Waals surface area contributed by atoms with Crippen molar-refractivity contribution in [3.8, 4) is 11.8 Å². The molecule has 1 aromatic heterocycles. The molecule has 2 aromatic rings. The van der Waals surface area contributed by atoms with E-state index in [2.05, 4.69) is 0 Å². The number of hydrogen-bond acceptors (Lipinski definition) is 4. The summed E-state index contributed by atoms with van der Waals surface area (Å²) >= 11 is 0. The Balaban J connectivity index is 2.45. The van der Waals surface area contributed by atoms with Gasteiger partial charge in [0.05, 0.1) is 12.3 Å². The van der Waals surface area contributed by atoms with Crippen LogP contribution in [-0.4, -0.2) is 30.9 Å². The number of methoxy groups -OCH3 is 1. The fraction of sp³-hybridized carbons (Fsp3) is 0.263. The van der Waals surface area contributed by atoms with Crippen molar-refractivity contribution >= 4 is 12.0 Å². The number of benzene rings is 1. The van der Waals surface area contributed by atoms with E-state index in [0.717, 1.165) is 12.1 Å². The summed E-state index contributed by atoms with van der Waals surface area (Å²) in [4.78, 5) is 11.9. The normalized spacial score (nSPS) is 11.4. The van der Waals surface area contributed by atoms with Crippen LogP contribution in [0.1, 0.15) is 17.0 Å². The van der Waals surface area contributed by atoms with E-state index in [9.17, 15) is 23.2 Å². The second kappa shape index (κ2) is 8.56. The lowest BCUT2D eigenvalue weighted by Crippen LogP contribution is -2.11. The first-order valence-corrected chi connectivity index (χ1v) is 7.92. The van der Waals surface area contributed by atoms with Crippen LogP contribution in [0.2, 0.25) is 0 Å². The highest BCUT2D eigenvalue weighted by molar-refractivity contribution is 5.98. The predicted octanol–water partition coefficient (Wildman–Crippen LogP) is 3.61. The van der Waals surface area contributed by atoms with Crippen LogP contribution in [0.25, 0.3) is 11.8 Å². The molecule has 27 heavy (non-hydrogen) atoms. The topological polar surface area (TPSA) is 64.2 Å². The molecule has 0 aliphatic carbocycles. The lowest BCUT2D eigenvalue weighted by molar-refractivity contribution is -0.139. The maximum absolute atomic E-state index is 14.2. The summed E-state index contributed by atoms with van der Waals surface area (Å²) in [7, 11) is 1.45. The van der Waals surface area contributed by atoms with Gasteiger partial charge in [-0.25, -0.2) is 18.0 Å². The molecule has 0 fully saturated rings. The van der Waals surface area contributed by atoms with Crippen LogP contribution >= 0.6 is 0 Å². The number of hydrogen-bond donors (Lipinski definition) is 0. The van der Waals surface area contributed by atoms with Crippen molar-refractivity contribution in [1.29, 1.82) is 5.26 Å². The Kier molecular flexibility index (Phi) is 6.42. The van der Waals surface area contributed by atoms with Gasteiger partial charge in [-0.3, -0.25) is 0 Å². The van der Waals surface area contributed by atoms with Gasteiger partial charge in [-0.05, 0) is 43.7 Å². The Morgan fingerprint density at radius 1 is 1.22 bits per heavy atom. The van der Waals surface area contributed by atoms with Crippen LogP contribution in [0.5, 0.6) is 0 Å². The third kappa shape index (κ3) is 4.20. The van der Waals surface area contributed by atoms with Gasteiger partial charge in [0, 0.05) is 18.5 Å². The second-order valence-electron chi connectivity index (χ2n) is 5.65. The summed E-state index contributed by atoms with van der Waals surface area (Å²) < 4.78 is 52.0. The molecule has 0 N–H and O–H groups in total. The Morgan fingerprint density at radius 3 is 2.56 bits per heavy atom. The molecule has 0 bridgehead atoms. The molecule has 0 unspecified atom stereocenters. The van der Waals surface area contributed by atoms with Gasteiger partial charge in [0.15, 0.2) is 17.5 Å². The molecule has 5 nitrogen and oxygen atoms in total. The Labute approximate surface area is 154 Å². The van der Waals surface area contributed by atoms with Crippen molar-refractivity contribution < 1.29 is 27.4 Å². The number of aromatic nitrogens is 1. The third-order valence-corrected chi connectivity index (χ3v) is 3.89. The molecule has 0 amide bonds. The molecule has 0 saturated heterocycles. The second-order valence-corrected chi connectivity index (χ2v) is 5.65. The monoisotopic (exact) mass is 378 g/mol. The summed E-state index contributed by atoms with van der Waals surface area (Å²) in [5, 5.41) is 9.20. The number of halogens is 3. The molecular formula is C19H17F3N2O3. The van der Waals surface area contributed by atoms with Crippen molar-refractivity contribution in [2.45, 2.75) is 13.8 Å². The number of carbonyl (C=O) groups excluding carboxylic acids is 1. The zero-order valence-corrected chi connectivity index (χ0v) is 15.0. The molecule has 1 aromatic carbocycles. The van der Waals surface area contributed by atoms with Gasteiger partial charge in [-0.15, -0.1) is 0 Å². The van der Waals surface area contributed by atoms with Gasteiger partial charge >= 0.3 is 5.97 Å². The van der Waals surface area contributed by atoms with Crippen molar-refractivity contribution in [3.63, 3.8) is 0 Å². The molecule has 0 aliphatic heterocycles. The Bertz CT molecular complexity index is 943. The Morgan fingerprint density at radius 2 is 1.93 bits per heavy atom. The third-order valence-electron chi connectivity index (χ3n) is 3.89. The number of carbonyl (C=O) groups is 1. The van der Waals surface area contributed by atoms with Crippen LogP contribution in [-0.2, 0) is 14.3 Å². The van der Waals surface area contributed by atoms with Gasteiger partial charge < -0.3 is 14.0 Å². The van der Waals surface area contributed by atoms with E-state index in [1.807, 2.05) is 0 Å². The average molecular weight is 378 g/mol. The molecule has 0 aliphatic rings. The molecule has 0 saturated carbocycles. The number of rotatable bonds is 6. The number of ether oxygens (including phenoxy) is 2. The van der Waals surface area contributed by atoms with E-state index >= 15 is 0 Å². The fourth-order valence-corrected chi connectivity index (χ4v) is 2.58. The zero-order valence-electron chi connectivity index (χ0n) is 15.0. The first-order chi connectivity index (χ1) is 12.8. The van der Waals surface area contributed by atoms with E-state index in [1.54, 1.807) is 26.0 Å². The maximum Gasteiger partial charge on any atom is 0.348 e. The maximum atomic E-state index is 14.2. The highest BCUT2D eigenvalue weighted by atomic mass is 19.2. The average Bonchev–Trinajstić information content (AvgIpc) is 2.91. The zero-order chi connectivity index (χ0) is 20.1. The minimum atomic E-state index is -1.57. The Hall–Kier alpha value is -3.05. The number of esters is 1. The quantitative estimate of drug-likeness (QED) is 0.253.